The van der Waals surface area contributed by atoms with Crippen LogP contribution in [0.4, 0.5) is 8.78 Å². The Morgan fingerprint density at radius 3 is 2.53 bits per heavy atom. The number of hydrogen-bond acceptors (Lipinski definition) is 5. The van der Waals surface area contributed by atoms with Gasteiger partial charge < -0.3 is 13.9 Å². The summed E-state index contributed by atoms with van der Waals surface area (Å²) in [5.74, 6) is 0.199. The van der Waals surface area contributed by atoms with E-state index in [9.17, 15) is 13.6 Å². The number of carbonyl (C=O) groups is 1. The van der Waals surface area contributed by atoms with Gasteiger partial charge in [0.1, 0.15) is 22.8 Å². The summed E-state index contributed by atoms with van der Waals surface area (Å²) in [4.78, 5) is 21.7. The van der Waals surface area contributed by atoms with E-state index in [0.717, 1.165) is 24.2 Å². The number of ketones is 1. The van der Waals surface area contributed by atoms with E-state index in [0.29, 0.717) is 11.3 Å². The first-order valence-corrected chi connectivity index (χ1v) is 11.6. The van der Waals surface area contributed by atoms with Crippen molar-refractivity contribution < 1.29 is 23.0 Å². The summed E-state index contributed by atoms with van der Waals surface area (Å²) in [5.41, 5.74) is 1.37. The van der Waals surface area contributed by atoms with Crippen molar-refractivity contribution >= 4 is 11.4 Å². The third-order valence-corrected chi connectivity index (χ3v) is 7.12. The molecule has 8 heteroatoms. The van der Waals surface area contributed by atoms with Crippen molar-refractivity contribution in [2.75, 3.05) is 0 Å². The lowest BCUT2D eigenvalue weighted by Crippen LogP contribution is -2.50. The Hall–Kier alpha value is -2.87. The summed E-state index contributed by atoms with van der Waals surface area (Å²) in [6.45, 7) is 10.2. The van der Waals surface area contributed by atoms with Crippen molar-refractivity contribution in [1.82, 2.24) is 14.4 Å². The molecule has 2 saturated heterocycles. The predicted molar refractivity (Wildman–Crippen MR) is 123 cm³/mol. The standard InChI is InChI=1S/C26H29F2N3O3/c1-15(2)33-20-10-22-30-21(26-13-25(5,14-26)34-24(26,3)4)12-31(22)11-16(20)9-19(32)17-7-6-8-18(29-17)23(27)28/h6-8,10-12,15,23H,9,13-14H2,1-5H3. The summed E-state index contributed by atoms with van der Waals surface area (Å²) >= 11 is 0. The van der Waals surface area contributed by atoms with Crippen LogP contribution in [0, 0.1) is 0 Å². The Labute approximate surface area is 197 Å². The number of Topliss-reactive ketones (excluding diaryl/α,β-unsaturated/α-hetero) is 1. The van der Waals surface area contributed by atoms with Crippen molar-refractivity contribution in [2.24, 2.45) is 0 Å². The lowest BCUT2D eigenvalue weighted by Gasteiger charge is -2.44. The maximum atomic E-state index is 13.0. The highest BCUT2D eigenvalue weighted by atomic mass is 19.3. The normalized spacial score (nSPS) is 25.2. The highest BCUT2D eigenvalue weighted by Crippen LogP contribution is 2.66. The van der Waals surface area contributed by atoms with E-state index in [4.69, 9.17) is 14.5 Å². The number of alkyl halides is 2. The molecule has 0 unspecified atom stereocenters. The van der Waals surface area contributed by atoms with E-state index in [1.165, 1.54) is 18.2 Å². The fourth-order valence-electron chi connectivity index (χ4n) is 5.70. The molecule has 0 amide bonds. The first kappa shape index (κ1) is 22.9. The van der Waals surface area contributed by atoms with Crippen molar-refractivity contribution in [3.05, 3.63) is 59.3 Å². The third-order valence-electron chi connectivity index (χ3n) is 7.12. The second-order valence-corrected chi connectivity index (χ2v) is 10.6. The molecule has 1 aliphatic carbocycles. The van der Waals surface area contributed by atoms with E-state index >= 15 is 0 Å². The molecule has 3 fully saturated rings. The molecule has 3 aliphatic rings. The second kappa shape index (κ2) is 7.57. The quantitative estimate of drug-likeness (QED) is 0.429. The van der Waals surface area contributed by atoms with Crippen LogP contribution in [0.15, 0.2) is 36.7 Å². The number of carbonyl (C=O) groups excluding carboxylic acids is 1. The van der Waals surface area contributed by atoms with Crippen LogP contribution in [0.25, 0.3) is 5.65 Å². The maximum Gasteiger partial charge on any atom is 0.280 e. The average molecular weight is 470 g/mol. The smallest absolute Gasteiger partial charge is 0.280 e. The molecule has 0 radical (unpaired) electrons. The van der Waals surface area contributed by atoms with Crippen LogP contribution in [0.2, 0.25) is 0 Å². The molecule has 0 aromatic carbocycles. The van der Waals surface area contributed by atoms with Gasteiger partial charge in [0.25, 0.3) is 6.43 Å². The Bertz CT molecular complexity index is 1280. The molecule has 34 heavy (non-hydrogen) atoms. The first-order chi connectivity index (χ1) is 15.9. The lowest BCUT2D eigenvalue weighted by molar-refractivity contribution is -0.0425. The van der Waals surface area contributed by atoms with Crippen LogP contribution >= 0.6 is 0 Å². The van der Waals surface area contributed by atoms with Gasteiger partial charge in [0.05, 0.1) is 23.0 Å². The van der Waals surface area contributed by atoms with Gasteiger partial charge in [-0.15, -0.1) is 0 Å². The van der Waals surface area contributed by atoms with Crippen LogP contribution in [0.5, 0.6) is 5.75 Å². The molecule has 180 valence electrons. The second-order valence-electron chi connectivity index (χ2n) is 10.6. The number of ether oxygens (including phenoxy) is 2. The molecule has 0 N–H and O–H groups in total. The van der Waals surface area contributed by atoms with Crippen LogP contribution in [0.1, 0.15) is 81.3 Å². The van der Waals surface area contributed by atoms with Crippen LogP contribution in [0.3, 0.4) is 0 Å². The monoisotopic (exact) mass is 469 g/mol. The van der Waals surface area contributed by atoms with Gasteiger partial charge in [0.15, 0.2) is 5.78 Å². The zero-order valence-electron chi connectivity index (χ0n) is 20.1. The Balaban J connectivity index is 1.51. The molecular formula is C26H29F2N3O3. The number of nitrogens with zero attached hydrogens (tertiary/aromatic N) is 3. The Morgan fingerprint density at radius 1 is 1.18 bits per heavy atom. The number of hydrogen-bond donors (Lipinski definition) is 0. The fourth-order valence-corrected chi connectivity index (χ4v) is 5.70. The lowest BCUT2D eigenvalue weighted by atomic mass is 9.56. The van der Waals surface area contributed by atoms with Crippen molar-refractivity contribution in [1.29, 1.82) is 0 Å². The summed E-state index contributed by atoms with van der Waals surface area (Å²) in [5, 5.41) is 0. The minimum absolute atomic E-state index is 0.0113. The summed E-state index contributed by atoms with van der Waals surface area (Å²) in [6, 6.07) is 5.94. The first-order valence-electron chi connectivity index (χ1n) is 11.6. The largest absolute Gasteiger partial charge is 0.491 e. The maximum absolute atomic E-state index is 13.0. The molecule has 5 heterocycles. The van der Waals surface area contributed by atoms with E-state index in [2.05, 4.69) is 25.8 Å². The molecule has 6 nitrogen and oxygen atoms in total. The molecule has 0 atom stereocenters. The predicted octanol–water partition coefficient (Wildman–Crippen LogP) is 5.48. The summed E-state index contributed by atoms with van der Waals surface area (Å²) in [6.07, 6.45) is 2.82. The number of fused-ring (bicyclic) bond motifs is 2. The number of halogens is 2. The van der Waals surface area contributed by atoms with E-state index in [1.807, 2.05) is 36.7 Å². The molecule has 2 aliphatic heterocycles. The van der Waals surface area contributed by atoms with Gasteiger partial charge in [-0.3, -0.25) is 4.79 Å². The van der Waals surface area contributed by atoms with Gasteiger partial charge in [0.2, 0.25) is 0 Å². The average Bonchev–Trinajstić information content (AvgIpc) is 3.29. The Kier molecular flexibility index (Phi) is 5.10. The molecule has 6 rings (SSSR count). The van der Waals surface area contributed by atoms with Gasteiger partial charge >= 0.3 is 0 Å². The molecule has 2 bridgehead atoms. The van der Waals surface area contributed by atoms with Crippen LogP contribution < -0.4 is 4.74 Å². The minimum Gasteiger partial charge on any atom is -0.491 e. The third kappa shape index (κ3) is 3.59. The van der Waals surface area contributed by atoms with Gasteiger partial charge in [-0.2, -0.15) is 0 Å². The number of pyridine rings is 2. The summed E-state index contributed by atoms with van der Waals surface area (Å²) in [7, 11) is 0. The minimum atomic E-state index is -2.73. The topological polar surface area (TPSA) is 65.7 Å². The van der Waals surface area contributed by atoms with E-state index in [1.54, 1.807) is 0 Å². The summed E-state index contributed by atoms with van der Waals surface area (Å²) < 4.78 is 40.3. The van der Waals surface area contributed by atoms with E-state index in [-0.39, 0.29) is 40.6 Å². The Morgan fingerprint density at radius 2 is 1.91 bits per heavy atom. The number of aromatic nitrogens is 3. The van der Waals surface area contributed by atoms with Crippen LogP contribution in [-0.4, -0.2) is 37.5 Å². The van der Waals surface area contributed by atoms with Gasteiger partial charge in [0, 0.05) is 35.9 Å². The van der Waals surface area contributed by atoms with Crippen molar-refractivity contribution in [3.8, 4) is 5.75 Å². The molecule has 1 saturated carbocycles. The SMILES string of the molecule is CC(C)Oc1cc2nc(C34CC(C)(C3)OC4(C)C)cn2cc1CC(=O)c1cccc(C(F)F)n1. The number of rotatable bonds is 7. The van der Waals surface area contributed by atoms with Gasteiger partial charge in [-0.1, -0.05) is 6.07 Å². The van der Waals surface area contributed by atoms with E-state index < -0.39 is 12.1 Å². The fraction of sp³-hybridized carbons (Fsp3) is 0.500. The molecule has 3 aromatic rings. The van der Waals surface area contributed by atoms with Crippen LogP contribution in [-0.2, 0) is 16.6 Å². The molecular weight excluding hydrogens is 440 g/mol. The van der Waals surface area contributed by atoms with Crippen molar-refractivity contribution in [3.63, 3.8) is 0 Å². The number of imidazole rings is 1. The van der Waals surface area contributed by atoms with Gasteiger partial charge in [-0.25, -0.2) is 18.7 Å². The highest BCUT2D eigenvalue weighted by Gasteiger charge is 2.71. The zero-order chi connectivity index (χ0) is 24.5. The van der Waals surface area contributed by atoms with Gasteiger partial charge in [-0.05, 0) is 59.6 Å². The van der Waals surface area contributed by atoms with Crippen molar-refractivity contribution in [2.45, 2.75) is 83.0 Å². The molecule has 3 aromatic heterocycles. The zero-order valence-corrected chi connectivity index (χ0v) is 20.1. The molecule has 0 spiro atoms. The highest BCUT2D eigenvalue weighted by molar-refractivity contribution is 5.96.